The van der Waals surface area contributed by atoms with Gasteiger partial charge in [-0.25, -0.2) is 9.89 Å². The number of hydrogen-bond acceptors (Lipinski definition) is 4. The number of nitrogens with one attached hydrogen (secondary N) is 2. The Kier molecular flexibility index (Phi) is 2.82. The first kappa shape index (κ1) is 10.6. The molecule has 1 aromatic carbocycles. The molecule has 1 heterocycles. The molecule has 0 aliphatic rings. The summed E-state index contributed by atoms with van der Waals surface area (Å²) in [5.41, 5.74) is 6.25. The lowest BCUT2D eigenvalue weighted by Gasteiger charge is -2.07. The molecule has 0 bridgehead atoms. The molecule has 1 aromatic heterocycles. The first-order valence-corrected chi connectivity index (χ1v) is 5.06. The summed E-state index contributed by atoms with van der Waals surface area (Å²) in [7, 11) is 0. The summed E-state index contributed by atoms with van der Waals surface area (Å²) in [4.78, 5) is 10.8. The van der Waals surface area contributed by atoms with Crippen LogP contribution in [0.3, 0.4) is 0 Å². The number of halogens is 1. The van der Waals surface area contributed by atoms with Gasteiger partial charge in [-0.05, 0) is 28.6 Å². The van der Waals surface area contributed by atoms with Gasteiger partial charge in [0.15, 0.2) is 5.82 Å². The second kappa shape index (κ2) is 4.27. The zero-order chi connectivity index (χ0) is 11.5. The largest absolute Gasteiger partial charge is 0.351 e. The second-order valence-electron chi connectivity index (χ2n) is 2.93. The van der Waals surface area contributed by atoms with Gasteiger partial charge in [-0.2, -0.15) is 0 Å². The first-order valence-electron chi connectivity index (χ1n) is 4.27. The lowest BCUT2D eigenvalue weighted by atomic mass is 10.1. The monoisotopic (exact) mass is 282 g/mol. The minimum absolute atomic E-state index is 0.449. The van der Waals surface area contributed by atoms with Crippen LogP contribution in [0.1, 0.15) is 0 Å². The Morgan fingerprint density at radius 1 is 1.50 bits per heavy atom. The molecule has 0 radical (unpaired) electrons. The number of rotatable bonds is 2. The highest BCUT2D eigenvalue weighted by molar-refractivity contribution is 9.10. The number of urea groups is 1. The van der Waals surface area contributed by atoms with E-state index in [4.69, 9.17) is 5.73 Å². The summed E-state index contributed by atoms with van der Waals surface area (Å²) in [6.07, 6.45) is 0. The molecule has 0 spiro atoms. The molecule has 2 rings (SSSR count). The summed E-state index contributed by atoms with van der Waals surface area (Å²) in [6, 6.07) is 4.61. The number of benzene rings is 1. The van der Waals surface area contributed by atoms with Gasteiger partial charge in [0.1, 0.15) is 0 Å². The Bertz CT molecular complexity index is 511. The number of amides is 2. The molecule has 0 aliphatic carbocycles. The summed E-state index contributed by atoms with van der Waals surface area (Å²) < 4.78 is 0.842. The van der Waals surface area contributed by atoms with E-state index in [9.17, 15) is 4.79 Å². The third-order valence-electron chi connectivity index (χ3n) is 1.84. The molecule has 0 atom stereocenters. The van der Waals surface area contributed by atoms with E-state index in [1.165, 1.54) is 0 Å². The van der Waals surface area contributed by atoms with Crippen molar-refractivity contribution in [1.82, 2.24) is 20.6 Å². The molecular weight excluding hydrogens is 276 g/mol. The van der Waals surface area contributed by atoms with Crippen molar-refractivity contribution in [3.63, 3.8) is 0 Å². The average Bonchev–Trinajstić information content (AvgIpc) is 2.73. The lowest BCUT2D eigenvalue weighted by molar-refractivity contribution is 0.259. The number of hydrogen-bond donors (Lipinski definition) is 3. The predicted octanol–water partition coefficient (Wildman–Crippen LogP) is 1.12. The fraction of sp³-hybridized carbons (Fsp3) is 0. The van der Waals surface area contributed by atoms with Crippen LogP contribution < -0.4 is 11.1 Å². The van der Waals surface area contributed by atoms with Crippen LogP contribution >= 0.6 is 15.9 Å². The number of carbonyl (C=O) groups is 1. The van der Waals surface area contributed by atoms with Gasteiger partial charge in [0.05, 0.1) is 5.69 Å². The molecule has 0 saturated heterocycles. The zero-order valence-corrected chi connectivity index (χ0v) is 9.52. The van der Waals surface area contributed by atoms with Crippen LogP contribution in [-0.4, -0.2) is 26.7 Å². The summed E-state index contributed by atoms with van der Waals surface area (Å²) >= 11 is 3.32. The van der Waals surface area contributed by atoms with Gasteiger partial charge in [-0.1, -0.05) is 15.9 Å². The SMILES string of the molecule is NC(=O)Nc1ccc(Br)cc1-c1nnn[nH]1. The number of aromatic nitrogens is 4. The fourth-order valence-corrected chi connectivity index (χ4v) is 1.59. The van der Waals surface area contributed by atoms with Crippen molar-refractivity contribution in [2.75, 3.05) is 5.32 Å². The highest BCUT2D eigenvalue weighted by atomic mass is 79.9. The maximum atomic E-state index is 10.8. The van der Waals surface area contributed by atoms with E-state index in [0.717, 1.165) is 4.47 Å². The Labute approximate surface area is 98.5 Å². The third-order valence-corrected chi connectivity index (χ3v) is 2.33. The highest BCUT2D eigenvalue weighted by Gasteiger charge is 2.10. The Balaban J connectivity index is 2.48. The lowest BCUT2D eigenvalue weighted by Crippen LogP contribution is -2.19. The number of nitrogens with zero attached hydrogens (tertiary/aromatic N) is 3. The average molecular weight is 283 g/mol. The number of anilines is 1. The van der Waals surface area contributed by atoms with Gasteiger partial charge in [-0.3, -0.25) is 0 Å². The van der Waals surface area contributed by atoms with Crippen LogP contribution in [0.25, 0.3) is 11.4 Å². The molecule has 0 unspecified atom stereocenters. The minimum atomic E-state index is -0.643. The molecule has 0 aliphatic heterocycles. The maximum Gasteiger partial charge on any atom is 0.316 e. The zero-order valence-electron chi connectivity index (χ0n) is 7.94. The highest BCUT2D eigenvalue weighted by Crippen LogP contribution is 2.27. The molecule has 0 saturated carbocycles. The smallest absolute Gasteiger partial charge is 0.316 e. The second-order valence-corrected chi connectivity index (χ2v) is 3.84. The Morgan fingerprint density at radius 3 is 2.94 bits per heavy atom. The Hall–Kier alpha value is -1.96. The molecule has 2 amide bonds. The van der Waals surface area contributed by atoms with Gasteiger partial charge in [-0.15, -0.1) is 5.10 Å². The summed E-state index contributed by atoms with van der Waals surface area (Å²) in [6.45, 7) is 0. The molecule has 82 valence electrons. The van der Waals surface area contributed by atoms with E-state index in [1.54, 1.807) is 18.2 Å². The van der Waals surface area contributed by atoms with E-state index in [-0.39, 0.29) is 0 Å². The van der Waals surface area contributed by atoms with Crippen molar-refractivity contribution in [2.24, 2.45) is 5.73 Å². The van der Waals surface area contributed by atoms with Crippen LogP contribution in [0.15, 0.2) is 22.7 Å². The first-order chi connectivity index (χ1) is 7.66. The molecule has 8 heteroatoms. The topological polar surface area (TPSA) is 110 Å². The number of aromatic amines is 1. The van der Waals surface area contributed by atoms with E-state index < -0.39 is 6.03 Å². The van der Waals surface area contributed by atoms with E-state index in [1.807, 2.05) is 0 Å². The normalized spacial score (nSPS) is 10.1. The van der Waals surface area contributed by atoms with Crippen molar-refractivity contribution in [3.05, 3.63) is 22.7 Å². The number of nitrogens with two attached hydrogens (primary N) is 1. The number of tetrazole rings is 1. The maximum absolute atomic E-state index is 10.8. The van der Waals surface area contributed by atoms with E-state index >= 15 is 0 Å². The van der Waals surface area contributed by atoms with Gasteiger partial charge in [0.25, 0.3) is 0 Å². The standard InChI is InChI=1S/C8H7BrN6O/c9-4-1-2-6(11-8(10)16)5(3-4)7-12-14-15-13-7/h1-3H,(H3,10,11,16)(H,12,13,14,15). The van der Waals surface area contributed by atoms with Crippen LogP contribution in [0.2, 0.25) is 0 Å². The Morgan fingerprint density at radius 2 is 2.31 bits per heavy atom. The molecule has 16 heavy (non-hydrogen) atoms. The molecule has 0 fully saturated rings. The van der Waals surface area contributed by atoms with Crippen LogP contribution in [0.4, 0.5) is 10.5 Å². The van der Waals surface area contributed by atoms with E-state index in [2.05, 4.69) is 41.9 Å². The van der Waals surface area contributed by atoms with E-state index in [0.29, 0.717) is 17.1 Å². The van der Waals surface area contributed by atoms with Crippen molar-refractivity contribution in [1.29, 1.82) is 0 Å². The molecular formula is C8H7BrN6O. The van der Waals surface area contributed by atoms with Gasteiger partial charge in [0, 0.05) is 10.0 Å². The molecule has 2 aromatic rings. The summed E-state index contributed by atoms with van der Waals surface area (Å²) in [5.74, 6) is 0.449. The number of carbonyl (C=O) groups excluding carboxylic acids is 1. The third kappa shape index (κ3) is 2.16. The predicted molar refractivity (Wildman–Crippen MR) is 60.5 cm³/mol. The van der Waals surface area contributed by atoms with Gasteiger partial charge < -0.3 is 11.1 Å². The fourth-order valence-electron chi connectivity index (χ4n) is 1.23. The van der Waals surface area contributed by atoms with Crippen molar-refractivity contribution < 1.29 is 4.79 Å². The summed E-state index contributed by atoms with van der Waals surface area (Å²) in [5, 5.41) is 15.8. The van der Waals surface area contributed by atoms with Crippen LogP contribution in [-0.2, 0) is 0 Å². The number of primary amides is 1. The van der Waals surface area contributed by atoms with Crippen LogP contribution in [0, 0.1) is 0 Å². The molecule has 7 nitrogen and oxygen atoms in total. The van der Waals surface area contributed by atoms with Crippen molar-refractivity contribution in [3.8, 4) is 11.4 Å². The minimum Gasteiger partial charge on any atom is -0.351 e. The van der Waals surface area contributed by atoms with Gasteiger partial charge in [0.2, 0.25) is 0 Å². The van der Waals surface area contributed by atoms with Crippen molar-refractivity contribution in [2.45, 2.75) is 0 Å². The molecule has 4 N–H and O–H groups in total. The van der Waals surface area contributed by atoms with Crippen molar-refractivity contribution >= 4 is 27.6 Å². The number of H-pyrrole nitrogens is 1. The van der Waals surface area contributed by atoms with Gasteiger partial charge >= 0.3 is 6.03 Å². The quantitative estimate of drug-likeness (QED) is 0.767. The van der Waals surface area contributed by atoms with Crippen LogP contribution in [0.5, 0.6) is 0 Å².